The zero-order valence-corrected chi connectivity index (χ0v) is 13.3. The number of nitrogens with one attached hydrogen (secondary N) is 1. The lowest BCUT2D eigenvalue weighted by Crippen LogP contribution is -2.45. The largest absolute Gasteiger partial charge is 0.346 e. The molecule has 102 valence electrons. The van der Waals surface area contributed by atoms with Gasteiger partial charge in [-0.25, -0.2) is 0 Å². The highest BCUT2D eigenvalue weighted by atomic mass is 79.9. The first-order chi connectivity index (χ1) is 8.45. The average molecular weight is 315 g/mol. The zero-order chi connectivity index (χ0) is 13.8. The first kappa shape index (κ1) is 15.3. The minimum absolute atomic E-state index is 0.0142. The van der Waals surface area contributed by atoms with Crippen LogP contribution in [0.2, 0.25) is 0 Å². The quantitative estimate of drug-likeness (QED) is 0.847. The second-order valence-electron chi connectivity index (χ2n) is 4.96. The number of amides is 1. The van der Waals surface area contributed by atoms with Crippen molar-refractivity contribution in [2.45, 2.75) is 59.0 Å². The standard InChI is InChI=1S/C14H23BrN2O/c1-5-8-17-10-11(15)9-12(17)13(18)16-14(4,6-2)7-3/h9-10H,5-8H2,1-4H3,(H,16,18). The number of aromatic nitrogens is 1. The Balaban J connectivity index is 2.90. The van der Waals surface area contributed by atoms with Gasteiger partial charge in [-0.3, -0.25) is 4.79 Å². The van der Waals surface area contributed by atoms with E-state index in [1.807, 2.05) is 16.8 Å². The molecule has 0 bridgehead atoms. The molecule has 0 atom stereocenters. The van der Waals surface area contributed by atoms with Gasteiger partial charge >= 0.3 is 0 Å². The summed E-state index contributed by atoms with van der Waals surface area (Å²) in [5.41, 5.74) is 0.613. The Hall–Kier alpha value is -0.770. The van der Waals surface area contributed by atoms with Crippen molar-refractivity contribution in [3.8, 4) is 0 Å². The topological polar surface area (TPSA) is 34.0 Å². The van der Waals surface area contributed by atoms with E-state index in [-0.39, 0.29) is 11.4 Å². The molecule has 0 unspecified atom stereocenters. The summed E-state index contributed by atoms with van der Waals surface area (Å²) in [5.74, 6) is 0.0142. The van der Waals surface area contributed by atoms with Crippen molar-refractivity contribution < 1.29 is 4.79 Å². The van der Waals surface area contributed by atoms with Crippen molar-refractivity contribution in [1.82, 2.24) is 9.88 Å². The summed E-state index contributed by atoms with van der Waals surface area (Å²) < 4.78 is 2.96. The maximum atomic E-state index is 12.3. The van der Waals surface area contributed by atoms with E-state index in [4.69, 9.17) is 0 Å². The van der Waals surface area contributed by atoms with E-state index in [1.165, 1.54) is 0 Å². The molecular weight excluding hydrogens is 292 g/mol. The number of halogens is 1. The number of aryl methyl sites for hydroxylation is 1. The lowest BCUT2D eigenvalue weighted by atomic mass is 9.95. The smallest absolute Gasteiger partial charge is 0.268 e. The second kappa shape index (κ2) is 6.41. The number of carbonyl (C=O) groups is 1. The number of rotatable bonds is 6. The third-order valence-corrected chi connectivity index (χ3v) is 3.97. The molecule has 4 heteroatoms. The van der Waals surface area contributed by atoms with Crippen LogP contribution in [0.5, 0.6) is 0 Å². The molecule has 0 radical (unpaired) electrons. The van der Waals surface area contributed by atoms with Gasteiger partial charge in [0.15, 0.2) is 0 Å². The summed E-state index contributed by atoms with van der Waals surface area (Å²) in [6.07, 6.45) is 4.85. The van der Waals surface area contributed by atoms with E-state index in [1.54, 1.807) is 0 Å². The van der Waals surface area contributed by atoms with Crippen LogP contribution in [0, 0.1) is 0 Å². The molecular formula is C14H23BrN2O. The summed E-state index contributed by atoms with van der Waals surface area (Å²) in [7, 11) is 0. The fourth-order valence-electron chi connectivity index (χ4n) is 1.86. The normalized spacial score (nSPS) is 11.6. The zero-order valence-electron chi connectivity index (χ0n) is 11.7. The van der Waals surface area contributed by atoms with Crippen molar-refractivity contribution in [3.63, 3.8) is 0 Å². The lowest BCUT2D eigenvalue weighted by molar-refractivity contribution is 0.0891. The highest BCUT2D eigenvalue weighted by Gasteiger charge is 2.24. The van der Waals surface area contributed by atoms with E-state index in [0.717, 1.165) is 36.0 Å². The molecule has 1 rings (SSSR count). The van der Waals surface area contributed by atoms with Crippen LogP contribution in [0.15, 0.2) is 16.7 Å². The maximum absolute atomic E-state index is 12.3. The molecule has 1 heterocycles. The fraction of sp³-hybridized carbons (Fsp3) is 0.643. The molecule has 0 saturated carbocycles. The van der Waals surface area contributed by atoms with Crippen LogP contribution in [-0.2, 0) is 6.54 Å². The van der Waals surface area contributed by atoms with E-state index < -0.39 is 0 Å². The first-order valence-electron chi connectivity index (χ1n) is 6.64. The number of hydrogen-bond acceptors (Lipinski definition) is 1. The monoisotopic (exact) mass is 314 g/mol. The second-order valence-corrected chi connectivity index (χ2v) is 5.87. The molecule has 0 saturated heterocycles. The van der Waals surface area contributed by atoms with Crippen LogP contribution in [0.3, 0.4) is 0 Å². The van der Waals surface area contributed by atoms with Gasteiger partial charge in [-0.2, -0.15) is 0 Å². The molecule has 0 aliphatic heterocycles. The Morgan fingerprint density at radius 2 is 2.00 bits per heavy atom. The summed E-state index contributed by atoms with van der Waals surface area (Å²) in [5, 5.41) is 3.14. The molecule has 1 N–H and O–H groups in total. The van der Waals surface area contributed by atoms with E-state index in [9.17, 15) is 4.79 Å². The molecule has 3 nitrogen and oxygen atoms in total. The van der Waals surface area contributed by atoms with E-state index in [2.05, 4.69) is 48.9 Å². The maximum Gasteiger partial charge on any atom is 0.268 e. The SMILES string of the molecule is CCCn1cc(Br)cc1C(=O)NC(C)(CC)CC. The highest BCUT2D eigenvalue weighted by Crippen LogP contribution is 2.18. The van der Waals surface area contributed by atoms with Crippen LogP contribution in [0.4, 0.5) is 0 Å². The number of carbonyl (C=O) groups excluding carboxylic acids is 1. The minimum atomic E-state index is -0.120. The summed E-state index contributed by atoms with van der Waals surface area (Å²) >= 11 is 3.43. The summed E-state index contributed by atoms with van der Waals surface area (Å²) in [6.45, 7) is 9.27. The third-order valence-electron chi connectivity index (χ3n) is 3.54. The Bertz CT molecular complexity index is 408. The van der Waals surface area contributed by atoms with Crippen molar-refractivity contribution in [2.24, 2.45) is 0 Å². The summed E-state index contributed by atoms with van der Waals surface area (Å²) in [6, 6.07) is 1.89. The molecule has 0 fully saturated rings. The van der Waals surface area contributed by atoms with Crippen LogP contribution in [0.1, 0.15) is 57.4 Å². The average Bonchev–Trinajstić information content (AvgIpc) is 2.71. The molecule has 0 spiro atoms. The molecule has 1 aromatic rings. The number of hydrogen-bond donors (Lipinski definition) is 1. The van der Waals surface area contributed by atoms with Crippen molar-refractivity contribution in [1.29, 1.82) is 0 Å². The Kier molecular flexibility index (Phi) is 5.45. The van der Waals surface area contributed by atoms with Crippen molar-refractivity contribution >= 4 is 21.8 Å². The predicted molar refractivity (Wildman–Crippen MR) is 78.9 cm³/mol. The number of nitrogens with zero attached hydrogens (tertiary/aromatic N) is 1. The molecule has 0 aliphatic rings. The minimum Gasteiger partial charge on any atom is -0.346 e. The molecule has 18 heavy (non-hydrogen) atoms. The van der Waals surface area contributed by atoms with Gasteiger partial charge in [0.25, 0.3) is 5.91 Å². The van der Waals surface area contributed by atoms with Gasteiger partial charge in [0.1, 0.15) is 5.69 Å². The van der Waals surface area contributed by atoms with Gasteiger partial charge in [-0.15, -0.1) is 0 Å². The van der Waals surface area contributed by atoms with Gasteiger partial charge in [-0.1, -0.05) is 20.8 Å². The molecule has 1 amide bonds. The van der Waals surface area contributed by atoms with Crippen LogP contribution in [-0.4, -0.2) is 16.0 Å². The van der Waals surface area contributed by atoms with Gasteiger partial charge in [0.05, 0.1) is 0 Å². The van der Waals surface area contributed by atoms with Crippen LogP contribution in [0.25, 0.3) is 0 Å². The Labute approximate surface area is 118 Å². The van der Waals surface area contributed by atoms with E-state index >= 15 is 0 Å². The van der Waals surface area contributed by atoms with Crippen molar-refractivity contribution in [3.05, 3.63) is 22.4 Å². The molecule has 0 aromatic carbocycles. The lowest BCUT2D eigenvalue weighted by Gasteiger charge is -2.28. The van der Waals surface area contributed by atoms with Gasteiger partial charge in [0.2, 0.25) is 0 Å². The van der Waals surface area contributed by atoms with Crippen LogP contribution < -0.4 is 5.32 Å². The highest BCUT2D eigenvalue weighted by molar-refractivity contribution is 9.10. The van der Waals surface area contributed by atoms with E-state index in [0.29, 0.717) is 0 Å². The van der Waals surface area contributed by atoms with Gasteiger partial charge in [-0.05, 0) is 48.2 Å². The fourth-order valence-corrected chi connectivity index (χ4v) is 2.32. The predicted octanol–water partition coefficient (Wildman–Crippen LogP) is 3.97. The first-order valence-corrected chi connectivity index (χ1v) is 7.43. The molecule has 0 aliphatic carbocycles. The third kappa shape index (κ3) is 3.61. The Morgan fingerprint density at radius 3 is 2.50 bits per heavy atom. The van der Waals surface area contributed by atoms with Crippen LogP contribution >= 0.6 is 15.9 Å². The molecule has 1 aromatic heterocycles. The van der Waals surface area contributed by atoms with Gasteiger partial charge in [0, 0.05) is 22.8 Å². The van der Waals surface area contributed by atoms with Gasteiger partial charge < -0.3 is 9.88 Å². The Morgan fingerprint density at radius 1 is 1.39 bits per heavy atom. The summed E-state index contributed by atoms with van der Waals surface area (Å²) in [4.78, 5) is 12.3. The van der Waals surface area contributed by atoms with Crippen molar-refractivity contribution in [2.75, 3.05) is 0 Å².